The van der Waals surface area contributed by atoms with E-state index in [1.54, 1.807) is 18.2 Å². The fraction of sp³-hybridized carbons (Fsp3) is 0.348. The quantitative estimate of drug-likeness (QED) is 0.518. The minimum Gasteiger partial charge on any atom is -0.339 e. The monoisotopic (exact) mass is 421 g/mol. The highest BCUT2D eigenvalue weighted by Gasteiger charge is 2.21. The van der Waals surface area contributed by atoms with Crippen molar-refractivity contribution in [2.24, 2.45) is 5.92 Å². The molecule has 0 saturated carbocycles. The van der Waals surface area contributed by atoms with Crippen molar-refractivity contribution in [3.63, 3.8) is 0 Å². The van der Waals surface area contributed by atoms with Gasteiger partial charge >= 0.3 is 11.7 Å². The van der Waals surface area contributed by atoms with Crippen molar-refractivity contribution in [2.45, 2.75) is 33.2 Å². The number of nitrogens with zero attached hydrogens (tertiary/aromatic N) is 1. The Morgan fingerprint density at radius 1 is 1.06 bits per heavy atom. The lowest BCUT2D eigenvalue weighted by molar-refractivity contribution is 0.0697. The number of aryl methyl sites for hydroxylation is 1. The zero-order valence-electron chi connectivity index (χ0n) is 17.7. The second kappa shape index (κ2) is 8.67. The van der Waals surface area contributed by atoms with Crippen LogP contribution in [0.15, 0.2) is 41.2 Å². The first-order valence-corrected chi connectivity index (χ1v) is 10.5. The number of anilines is 1. The summed E-state index contributed by atoms with van der Waals surface area (Å²) in [5.74, 6) is 0.715. The Morgan fingerprint density at radius 2 is 1.81 bits per heavy atom. The number of aromatic amines is 2. The molecule has 8 nitrogen and oxygen atoms in total. The molecule has 0 aliphatic carbocycles. The van der Waals surface area contributed by atoms with E-state index >= 15 is 0 Å². The molecule has 0 atom stereocenters. The number of benzene rings is 2. The van der Waals surface area contributed by atoms with Gasteiger partial charge in [-0.2, -0.15) is 0 Å². The van der Waals surface area contributed by atoms with E-state index in [-0.39, 0.29) is 17.6 Å². The molecule has 4 N–H and O–H groups in total. The number of rotatable bonds is 4. The van der Waals surface area contributed by atoms with E-state index in [4.69, 9.17) is 0 Å². The number of amides is 3. The van der Waals surface area contributed by atoms with Crippen LogP contribution in [0.4, 0.5) is 10.5 Å². The molecule has 31 heavy (non-hydrogen) atoms. The number of imidazole rings is 1. The number of hydrogen-bond donors (Lipinski definition) is 4. The Kier molecular flexibility index (Phi) is 5.79. The molecule has 162 valence electrons. The zero-order valence-corrected chi connectivity index (χ0v) is 17.7. The van der Waals surface area contributed by atoms with Gasteiger partial charge in [0.2, 0.25) is 0 Å². The van der Waals surface area contributed by atoms with Crippen molar-refractivity contribution in [3.8, 4) is 0 Å². The highest BCUT2D eigenvalue weighted by molar-refractivity contribution is 5.96. The maximum Gasteiger partial charge on any atom is 0.323 e. The Morgan fingerprint density at radius 3 is 2.55 bits per heavy atom. The highest BCUT2D eigenvalue weighted by Crippen LogP contribution is 2.21. The number of piperidine rings is 1. The normalized spacial score (nSPS) is 14.6. The van der Waals surface area contributed by atoms with Gasteiger partial charge in [0.05, 0.1) is 11.0 Å². The van der Waals surface area contributed by atoms with E-state index in [9.17, 15) is 14.4 Å². The largest absolute Gasteiger partial charge is 0.339 e. The smallest absolute Gasteiger partial charge is 0.323 e. The third-order valence-corrected chi connectivity index (χ3v) is 5.83. The lowest BCUT2D eigenvalue weighted by Gasteiger charge is -2.30. The molecule has 1 aromatic heterocycles. The maximum absolute atomic E-state index is 12.7. The van der Waals surface area contributed by atoms with Crippen LogP contribution in [0, 0.1) is 12.8 Å². The van der Waals surface area contributed by atoms with E-state index in [1.165, 1.54) is 0 Å². The van der Waals surface area contributed by atoms with Crippen molar-refractivity contribution >= 4 is 28.7 Å². The van der Waals surface area contributed by atoms with Gasteiger partial charge in [-0.3, -0.25) is 4.79 Å². The fourth-order valence-electron chi connectivity index (χ4n) is 3.87. The molecule has 1 fully saturated rings. The zero-order chi connectivity index (χ0) is 22.0. The van der Waals surface area contributed by atoms with Crippen LogP contribution in [0.1, 0.15) is 41.3 Å². The standard InChI is InChI=1S/C23H27N5O3/c1-14-7-9-28(10-8-14)21(29)17-4-6-18(15(2)11-17)25-22(30)24-13-16-3-5-19-20(12-16)27-23(31)26-19/h3-6,11-12,14H,7-10,13H2,1-2H3,(H2,24,25,30)(H2,26,27,31). The summed E-state index contributed by atoms with van der Waals surface area (Å²) in [4.78, 5) is 43.7. The van der Waals surface area contributed by atoms with Crippen LogP contribution in [-0.2, 0) is 6.54 Å². The number of nitrogens with one attached hydrogen (secondary N) is 4. The summed E-state index contributed by atoms with van der Waals surface area (Å²) in [6.07, 6.45) is 2.08. The predicted octanol–water partition coefficient (Wildman–Crippen LogP) is 3.36. The number of carbonyl (C=O) groups excluding carboxylic acids is 2. The summed E-state index contributed by atoms with van der Waals surface area (Å²) in [6.45, 7) is 6.00. The number of H-pyrrole nitrogens is 2. The summed E-state index contributed by atoms with van der Waals surface area (Å²) in [5, 5.41) is 5.65. The fourth-order valence-corrected chi connectivity index (χ4v) is 3.87. The molecule has 2 aromatic carbocycles. The third kappa shape index (κ3) is 4.79. The number of aromatic nitrogens is 2. The van der Waals surface area contributed by atoms with Crippen molar-refractivity contribution in [2.75, 3.05) is 18.4 Å². The summed E-state index contributed by atoms with van der Waals surface area (Å²) >= 11 is 0. The van der Waals surface area contributed by atoms with Gasteiger partial charge in [0.1, 0.15) is 0 Å². The van der Waals surface area contributed by atoms with Gasteiger partial charge in [-0.05, 0) is 67.1 Å². The summed E-state index contributed by atoms with van der Waals surface area (Å²) < 4.78 is 0. The molecule has 1 saturated heterocycles. The summed E-state index contributed by atoms with van der Waals surface area (Å²) in [5.41, 5.74) is 4.17. The van der Waals surface area contributed by atoms with Crippen molar-refractivity contribution in [1.82, 2.24) is 20.2 Å². The van der Waals surface area contributed by atoms with Gasteiger partial charge in [-0.15, -0.1) is 0 Å². The minimum absolute atomic E-state index is 0.0455. The Bertz CT molecular complexity index is 1170. The number of hydrogen-bond acceptors (Lipinski definition) is 3. The van der Waals surface area contributed by atoms with Gasteiger partial charge in [-0.1, -0.05) is 13.0 Å². The maximum atomic E-state index is 12.7. The first-order valence-electron chi connectivity index (χ1n) is 10.5. The van der Waals surface area contributed by atoms with E-state index in [0.29, 0.717) is 29.2 Å². The van der Waals surface area contributed by atoms with Crippen LogP contribution in [0.5, 0.6) is 0 Å². The first kappa shape index (κ1) is 20.7. The molecule has 2 heterocycles. The van der Waals surface area contributed by atoms with Crippen LogP contribution in [0.25, 0.3) is 11.0 Å². The molecule has 0 radical (unpaired) electrons. The second-order valence-corrected chi connectivity index (χ2v) is 8.27. The molecule has 1 aliphatic heterocycles. The van der Waals surface area contributed by atoms with Gasteiger partial charge in [-0.25, -0.2) is 9.59 Å². The highest BCUT2D eigenvalue weighted by atomic mass is 16.2. The van der Waals surface area contributed by atoms with Crippen LogP contribution >= 0.6 is 0 Å². The van der Waals surface area contributed by atoms with Gasteiger partial charge in [0.25, 0.3) is 5.91 Å². The van der Waals surface area contributed by atoms with E-state index in [1.807, 2.05) is 30.0 Å². The molecule has 1 aliphatic rings. The molecule has 8 heteroatoms. The van der Waals surface area contributed by atoms with Gasteiger partial charge < -0.3 is 25.5 Å². The van der Waals surface area contributed by atoms with Crippen molar-refractivity contribution < 1.29 is 9.59 Å². The molecular weight excluding hydrogens is 394 g/mol. The Labute approximate surface area is 180 Å². The number of carbonyl (C=O) groups is 2. The van der Waals surface area contributed by atoms with Crippen LogP contribution < -0.4 is 16.3 Å². The molecule has 0 unspecified atom stereocenters. The van der Waals surface area contributed by atoms with Gasteiger partial charge in [0, 0.05) is 30.9 Å². The molecule has 0 bridgehead atoms. The first-order chi connectivity index (χ1) is 14.9. The average Bonchev–Trinajstić information content (AvgIpc) is 3.13. The lowest BCUT2D eigenvalue weighted by atomic mass is 9.98. The predicted molar refractivity (Wildman–Crippen MR) is 120 cm³/mol. The molecule has 0 spiro atoms. The van der Waals surface area contributed by atoms with Crippen molar-refractivity contribution in [1.29, 1.82) is 0 Å². The number of likely N-dealkylation sites (tertiary alicyclic amines) is 1. The van der Waals surface area contributed by atoms with Crippen LogP contribution in [0.2, 0.25) is 0 Å². The Hall–Kier alpha value is -3.55. The van der Waals surface area contributed by atoms with Crippen LogP contribution in [0.3, 0.4) is 0 Å². The van der Waals surface area contributed by atoms with E-state index < -0.39 is 0 Å². The average molecular weight is 422 g/mol. The van der Waals surface area contributed by atoms with E-state index in [0.717, 1.165) is 42.6 Å². The third-order valence-electron chi connectivity index (χ3n) is 5.83. The second-order valence-electron chi connectivity index (χ2n) is 8.27. The topological polar surface area (TPSA) is 110 Å². The number of fused-ring (bicyclic) bond motifs is 1. The van der Waals surface area contributed by atoms with Crippen molar-refractivity contribution in [3.05, 3.63) is 63.6 Å². The lowest BCUT2D eigenvalue weighted by Crippen LogP contribution is -2.37. The molecule has 4 rings (SSSR count). The summed E-state index contributed by atoms with van der Waals surface area (Å²) in [6, 6.07) is 10.5. The van der Waals surface area contributed by atoms with E-state index in [2.05, 4.69) is 27.5 Å². The molecule has 3 aromatic rings. The van der Waals surface area contributed by atoms with Crippen LogP contribution in [-0.4, -0.2) is 39.9 Å². The molecular formula is C23H27N5O3. The van der Waals surface area contributed by atoms with Gasteiger partial charge in [0.15, 0.2) is 0 Å². The summed E-state index contributed by atoms with van der Waals surface area (Å²) in [7, 11) is 0. The SMILES string of the molecule is Cc1cc(C(=O)N2CCC(C)CC2)ccc1NC(=O)NCc1ccc2[nH]c(=O)[nH]c2c1. The Balaban J connectivity index is 1.35. The molecule has 3 amide bonds. The minimum atomic E-state index is -0.338. The number of urea groups is 1.